The maximum absolute atomic E-state index is 11.5. The van der Waals surface area contributed by atoms with Crippen molar-refractivity contribution < 1.29 is 4.92 Å². The van der Waals surface area contributed by atoms with E-state index >= 15 is 0 Å². The van der Waals surface area contributed by atoms with E-state index in [0.717, 1.165) is 11.1 Å². The highest BCUT2D eigenvalue weighted by atomic mass is 16.6. The molecule has 0 amide bonds. The summed E-state index contributed by atoms with van der Waals surface area (Å²) in [4.78, 5) is 23.0. The number of aromatic nitrogens is 3. The minimum atomic E-state index is -0.504. The summed E-state index contributed by atoms with van der Waals surface area (Å²) in [7, 11) is 0. The van der Waals surface area contributed by atoms with Gasteiger partial charge in [0.05, 0.1) is 16.8 Å². The maximum atomic E-state index is 11.5. The van der Waals surface area contributed by atoms with Crippen LogP contribution in [-0.2, 0) is 6.54 Å². The summed E-state index contributed by atoms with van der Waals surface area (Å²) in [5.41, 5.74) is 2.55. The standard InChI is InChI=1S/C17H16N6O2/c1-12-4-6-13(7-5-12)9-19-16-15(23(24)25)17(21-11-20-16)22-14-3-2-8-18-10-14/h2-8,10-11H,9H2,1H3,(H2,19,20,21,22). The van der Waals surface area contributed by atoms with Gasteiger partial charge >= 0.3 is 5.69 Å². The average Bonchev–Trinajstić information content (AvgIpc) is 2.62. The molecule has 0 radical (unpaired) electrons. The Morgan fingerprint density at radius 1 is 1.12 bits per heavy atom. The fourth-order valence-electron chi connectivity index (χ4n) is 2.24. The van der Waals surface area contributed by atoms with Crippen LogP contribution >= 0.6 is 0 Å². The molecule has 2 heterocycles. The lowest BCUT2D eigenvalue weighted by atomic mass is 10.1. The van der Waals surface area contributed by atoms with Gasteiger partial charge in [-0.1, -0.05) is 29.8 Å². The van der Waals surface area contributed by atoms with E-state index in [9.17, 15) is 10.1 Å². The monoisotopic (exact) mass is 336 g/mol. The first-order valence-electron chi connectivity index (χ1n) is 7.59. The van der Waals surface area contributed by atoms with Crippen molar-refractivity contribution in [3.8, 4) is 0 Å². The number of anilines is 3. The molecule has 0 aliphatic carbocycles. The van der Waals surface area contributed by atoms with Crippen LogP contribution in [0.1, 0.15) is 11.1 Å². The summed E-state index contributed by atoms with van der Waals surface area (Å²) in [5.74, 6) is 0.270. The van der Waals surface area contributed by atoms with Gasteiger partial charge in [0.15, 0.2) is 0 Å². The van der Waals surface area contributed by atoms with Crippen LogP contribution in [-0.4, -0.2) is 19.9 Å². The van der Waals surface area contributed by atoms with Gasteiger partial charge in [0.1, 0.15) is 6.33 Å². The van der Waals surface area contributed by atoms with Crippen molar-refractivity contribution in [2.75, 3.05) is 10.6 Å². The van der Waals surface area contributed by atoms with Crippen LogP contribution in [0.4, 0.5) is 23.0 Å². The van der Waals surface area contributed by atoms with Crippen LogP contribution < -0.4 is 10.6 Å². The largest absolute Gasteiger partial charge is 0.360 e. The number of nitrogens with one attached hydrogen (secondary N) is 2. The van der Waals surface area contributed by atoms with E-state index < -0.39 is 4.92 Å². The summed E-state index contributed by atoms with van der Waals surface area (Å²) in [6.07, 6.45) is 4.46. The Morgan fingerprint density at radius 3 is 2.56 bits per heavy atom. The molecule has 0 saturated carbocycles. The fraction of sp³-hybridized carbons (Fsp3) is 0.118. The smallest absolute Gasteiger partial charge is 0.353 e. The van der Waals surface area contributed by atoms with Crippen LogP contribution in [0.25, 0.3) is 0 Å². The van der Waals surface area contributed by atoms with Gasteiger partial charge in [0.2, 0.25) is 11.6 Å². The third-order valence-corrected chi connectivity index (χ3v) is 3.51. The second-order valence-corrected chi connectivity index (χ2v) is 5.38. The van der Waals surface area contributed by atoms with Gasteiger partial charge in [-0.05, 0) is 24.6 Å². The van der Waals surface area contributed by atoms with Crippen molar-refractivity contribution in [3.63, 3.8) is 0 Å². The minimum absolute atomic E-state index is 0.111. The molecule has 0 saturated heterocycles. The Bertz CT molecular complexity index is 868. The Morgan fingerprint density at radius 2 is 1.88 bits per heavy atom. The lowest BCUT2D eigenvalue weighted by Gasteiger charge is -2.10. The molecule has 8 heteroatoms. The number of hydrogen-bond acceptors (Lipinski definition) is 7. The summed E-state index contributed by atoms with van der Waals surface area (Å²) >= 11 is 0. The molecule has 25 heavy (non-hydrogen) atoms. The van der Waals surface area contributed by atoms with Crippen LogP contribution in [0, 0.1) is 17.0 Å². The lowest BCUT2D eigenvalue weighted by Crippen LogP contribution is -2.08. The summed E-state index contributed by atoms with van der Waals surface area (Å²) in [6.45, 7) is 2.42. The Balaban J connectivity index is 1.84. The zero-order valence-corrected chi connectivity index (χ0v) is 13.5. The Labute approximate surface area is 144 Å². The van der Waals surface area contributed by atoms with E-state index in [1.807, 2.05) is 31.2 Å². The number of benzene rings is 1. The molecule has 8 nitrogen and oxygen atoms in total. The summed E-state index contributed by atoms with van der Waals surface area (Å²) in [6, 6.07) is 11.4. The fourth-order valence-corrected chi connectivity index (χ4v) is 2.24. The number of nitrogens with zero attached hydrogens (tertiary/aromatic N) is 4. The SMILES string of the molecule is Cc1ccc(CNc2ncnc(Nc3cccnc3)c2[N+](=O)[O-])cc1. The molecule has 126 valence electrons. The van der Waals surface area contributed by atoms with Crippen LogP contribution in [0.3, 0.4) is 0 Å². The third-order valence-electron chi connectivity index (χ3n) is 3.51. The maximum Gasteiger partial charge on any atom is 0.353 e. The molecular formula is C17H16N6O2. The van der Waals surface area contributed by atoms with E-state index in [4.69, 9.17) is 0 Å². The number of pyridine rings is 1. The highest BCUT2D eigenvalue weighted by Gasteiger charge is 2.23. The second-order valence-electron chi connectivity index (χ2n) is 5.38. The third kappa shape index (κ3) is 4.05. The van der Waals surface area contributed by atoms with Gasteiger partial charge < -0.3 is 10.6 Å². The molecule has 3 rings (SSSR count). The van der Waals surface area contributed by atoms with Gasteiger partial charge in [0, 0.05) is 12.7 Å². The van der Waals surface area contributed by atoms with Crippen molar-refractivity contribution in [2.24, 2.45) is 0 Å². The molecule has 2 aromatic heterocycles. The number of nitro groups is 1. The molecule has 0 fully saturated rings. The zero-order valence-electron chi connectivity index (χ0n) is 13.5. The molecule has 0 unspecified atom stereocenters. The van der Waals surface area contributed by atoms with E-state index in [0.29, 0.717) is 12.2 Å². The van der Waals surface area contributed by atoms with Gasteiger partial charge in [-0.15, -0.1) is 0 Å². The Hall–Kier alpha value is -3.55. The molecular weight excluding hydrogens is 320 g/mol. The van der Waals surface area contributed by atoms with Crippen molar-refractivity contribution in [3.05, 3.63) is 76.4 Å². The second kappa shape index (κ2) is 7.35. The lowest BCUT2D eigenvalue weighted by molar-refractivity contribution is -0.383. The number of aryl methyl sites for hydroxylation is 1. The van der Waals surface area contributed by atoms with E-state index in [-0.39, 0.29) is 17.3 Å². The minimum Gasteiger partial charge on any atom is -0.360 e. The Kier molecular flexibility index (Phi) is 4.79. The summed E-state index contributed by atoms with van der Waals surface area (Å²) < 4.78 is 0. The zero-order chi connectivity index (χ0) is 17.6. The van der Waals surface area contributed by atoms with Gasteiger partial charge in [0.25, 0.3) is 0 Å². The predicted octanol–water partition coefficient (Wildman–Crippen LogP) is 3.44. The van der Waals surface area contributed by atoms with Gasteiger partial charge in [-0.25, -0.2) is 9.97 Å². The van der Waals surface area contributed by atoms with Crippen molar-refractivity contribution >= 4 is 23.0 Å². The first kappa shape index (κ1) is 16.3. The molecule has 0 aliphatic rings. The molecule has 0 atom stereocenters. The van der Waals surface area contributed by atoms with Gasteiger partial charge in [-0.2, -0.15) is 0 Å². The molecule has 0 spiro atoms. The van der Waals surface area contributed by atoms with Crippen molar-refractivity contribution in [1.29, 1.82) is 0 Å². The van der Waals surface area contributed by atoms with Crippen LogP contribution in [0.5, 0.6) is 0 Å². The highest BCUT2D eigenvalue weighted by molar-refractivity contribution is 5.73. The first-order chi connectivity index (χ1) is 12.1. The predicted molar refractivity (Wildman–Crippen MR) is 94.7 cm³/mol. The normalized spacial score (nSPS) is 10.3. The topological polar surface area (TPSA) is 106 Å². The van der Waals surface area contributed by atoms with Crippen molar-refractivity contribution in [1.82, 2.24) is 15.0 Å². The van der Waals surface area contributed by atoms with E-state index in [2.05, 4.69) is 25.6 Å². The molecule has 0 aliphatic heterocycles. The van der Waals surface area contributed by atoms with E-state index in [1.165, 1.54) is 6.33 Å². The van der Waals surface area contributed by atoms with Crippen molar-refractivity contribution in [2.45, 2.75) is 13.5 Å². The van der Waals surface area contributed by atoms with E-state index in [1.54, 1.807) is 24.5 Å². The van der Waals surface area contributed by atoms with Crippen LogP contribution in [0.15, 0.2) is 55.1 Å². The average molecular weight is 336 g/mol. The first-order valence-corrected chi connectivity index (χ1v) is 7.59. The highest BCUT2D eigenvalue weighted by Crippen LogP contribution is 2.31. The quantitative estimate of drug-likeness (QED) is 0.524. The van der Waals surface area contributed by atoms with Gasteiger partial charge in [-0.3, -0.25) is 15.1 Å². The molecule has 2 N–H and O–H groups in total. The molecule has 3 aromatic rings. The number of rotatable bonds is 6. The number of hydrogen-bond donors (Lipinski definition) is 2. The van der Waals surface area contributed by atoms with Crippen LogP contribution in [0.2, 0.25) is 0 Å². The molecule has 1 aromatic carbocycles. The molecule has 0 bridgehead atoms. The summed E-state index contributed by atoms with van der Waals surface area (Å²) in [5, 5.41) is 17.4.